The van der Waals surface area contributed by atoms with Crippen LogP contribution in [0.4, 0.5) is 0 Å². The number of aromatic nitrogens is 3. The molecule has 3 nitrogen and oxygen atoms in total. The highest BCUT2D eigenvalue weighted by Gasteiger charge is 2.15. The molecule has 0 bridgehead atoms. The lowest BCUT2D eigenvalue weighted by Gasteiger charge is -2.11. The maximum atomic E-state index is 6.54. The number of aryl methyl sites for hydroxylation is 2. The summed E-state index contributed by atoms with van der Waals surface area (Å²) in [5, 5.41) is 5.69. The minimum atomic E-state index is 0.608. The van der Waals surface area contributed by atoms with Gasteiger partial charge in [0, 0.05) is 28.3 Å². The number of nitrogens with zero attached hydrogens (tertiary/aromatic N) is 3. The largest absolute Gasteiger partial charge is 0.233 e. The van der Waals surface area contributed by atoms with Crippen molar-refractivity contribution >= 4 is 28.8 Å². The average Bonchev–Trinajstić information content (AvgIpc) is 2.88. The predicted molar refractivity (Wildman–Crippen MR) is 86.4 cm³/mol. The molecule has 0 saturated carbocycles. The van der Waals surface area contributed by atoms with Gasteiger partial charge in [-0.05, 0) is 25.0 Å². The van der Waals surface area contributed by atoms with Crippen LogP contribution in [0.15, 0.2) is 30.5 Å². The van der Waals surface area contributed by atoms with Crippen molar-refractivity contribution in [2.45, 2.75) is 26.7 Å². The molecule has 0 spiro atoms. The van der Waals surface area contributed by atoms with Gasteiger partial charge in [0.2, 0.25) is 0 Å². The Morgan fingerprint density at radius 2 is 1.90 bits per heavy atom. The van der Waals surface area contributed by atoms with Gasteiger partial charge in [-0.2, -0.15) is 5.10 Å². The lowest BCUT2D eigenvalue weighted by Crippen LogP contribution is -2.04. The third-order valence-electron chi connectivity index (χ3n) is 3.67. The van der Waals surface area contributed by atoms with Gasteiger partial charge in [-0.3, -0.25) is 0 Å². The van der Waals surface area contributed by atoms with Gasteiger partial charge >= 0.3 is 0 Å². The van der Waals surface area contributed by atoms with Crippen molar-refractivity contribution in [3.63, 3.8) is 0 Å². The van der Waals surface area contributed by atoms with Gasteiger partial charge in [0.25, 0.3) is 0 Å². The molecule has 1 aromatic carbocycles. The minimum Gasteiger partial charge on any atom is -0.233 e. The molecule has 0 aliphatic heterocycles. The van der Waals surface area contributed by atoms with Crippen molar-refractivity contribution in [2.24, 2.45) is 0 Å². The monoisotopic (exact) mass is 319 g/mol. The van der Waals surface area contributed by atoms with Gasteiger partial charge in [0.05, 0.1) is 6.20 Å². The minimum absolute atomic E-state index is 0.608. The third kappa shape index (κ3) is 2.52. The van der Waals surface area contributed by atoms with Crippen molar-refractivity contribution in [3.8, 4) is 0 Å². The zero-order valence-corrected chi connectivity index (χ0v) is 13.4. The Balaban J connectivity index is 2.13. The number of fused-ring (bicyclic) bond motifs is 1. The molecule has 0 saturated heterocycles. The molecule has 2 heterocycles. The van der Waals surface area contributed by atoms with Crippen LogP contribution in [-0.4, -0.2) is 14.6 Å². The van der Waals surface area contributed by atoms with Crippen molar-refractivity contribution in [1.82, 2.24) is 14.6 Å². The van der Waals surface area contributed by atoms with E-state index in [9.17, 15) is 0 Å². The summed E-state index contributed by atoms with van der Waals surface area (Å²) in [5.41, 5.74) is 4.85. The number of rotatable bonds is 3. The van der Waals surface area contributed by atoms with E-state index < -0.39 is 0 Å². The SMILES string of the molecule is CCc1cnn2c(Cl)c(Cc3ccccc3Cl)c(C)nc12. The van der Waals surface area contributed by atoms with Crippen LogP contribution in [0.25, 0.3) is 5.65 Å². The van der Waals surface area contributed by atoms with Crippen LogP contribution >= 0.6 is 23.2 Å². The van der Waals surface area contributed by atoms with Gasteiger partial charge in [-0.25, -0.2) is 9.50 Å². The molecule has 0 radical (unpaired) electrons. The molecule has 3 aromatic rings. The van der Waals surface area contributed by atoms with E-state index in [0.717, 1.165) is 39.5 Å². The van der Waals surface area contributed by atoms with E-state index in [1.165, 1.54) is 0 Å². The Morgan fingerprint density at radius 1 is 1.14 bits per heavy atom. The van der Waals surface area contributed by atoms with Crippen LogP contribution < -0.4 is 0 Å². The van der Waals surface area contributed by atoms with Crippen LogP contribution in [0.1, 0.15) is 29.3 Å². The predicted octanol–water partition coefficient (Wildman–Crippen LogP) is 4.50. The van der Waals surface area contributed by atoms with Gasteiger partial charge in [0.1, 0.15) is 5.15 Å². The first kappa shape index (κ1) is 14.4. The molecule has 2 aromatic heterocycles. The lowest BCUT2D eigenvalue weighted by atomic mass is 10.1. The van der Waals surface area contributed by atoms with Gasteiger partial charge in [0.15, 0.2) is 5.65 Å². The highest BCUT2D eigenvalue weighted by molar-refractivity contribution is 6.31. The van der Waals surface area contributed by atoms with Crippen LogP contribution in [-0.2, 0) is 12.8 Å². The van der Waals surface area contributed by atoms with Crippen molar-refractivity contribution in [3.05, 3.63) is 63.0 Å². The quantitative estimate of drug-likeness (QED) is 0.665. The molecular formula is C16H15Cl2N3. The third-order valence-corrected chi connectivity index (χ3v) is 4.43. The van der Waals surface area contributed by atoms with E-state index in [1.54, 1.807) is 4.52 Å². The summed E-state index contributed by atoms with van der Waals surface area (Å²) in [7, 11) is 0. The molecule has 108 valence electrons. The topological polar surface area (TPSA) is 30.2 Å². The molecule has 3 rings (SSSR count). The van der Waals surface area contributed by atoms with Crippen molar-refractivity contribution in [1.29, 1.82) is 0 Å². The van der Waals surface area contributed by atoms with Gasteiger partial charge in [-0.15, -0.1) is 0 Å². The summed E-state index contributed by atoms with van der Waals surface area (Å²) in [5.74, 6) is 0. The zero-order valence-electron chi connectivity index (χ0n) is 11.9. The average molecular weight is 320 g/mol. The zero-order chi connectivity index (χ0) is 15.0. The molecule has 0 aliphatic rings. The lowest BCUT2D eigenvalue weighted by molar-refractivity contribution is 0.902. The summed E-state index contributed by atoms with van der Waals surface area (Å²) >= 11 is 12.8. The van der Waals surface area contributed by atoms with Gasteiger partial charge in [-0.1, -0.05) is 48.3 Å². The number of hydrogen-bond donors (Lipinski definition) is 0. The van der Waals surface area contributed by atoms with Crippen LogP contribution in [0, 0.1) is 6.92 Å². The van der Waals surface area contributed by atoms with Crippen LogP contribution in [0.5, 0.6) is 0 Å². The first-order chi connectivity index (χ1) is 10.1. The van der Waals surface area contributed by atoms with E-state index >= 15 is 0 Å². The molecule has 0 fully saturated rings. The molecule has 0 amide bonds. The summed E-state index contributed by atoms with van der Waals surface area (Å²) in [6, 6.07) is 7.78. The molecule has 21 heavy (non-hydrogen) atoms. The first-order valence-electron chi connectivity index (χ1n) is 6.86. The molecule has 5 heteroatoms. The normalized spacial score (nSPS) is 11.2. The van der Waals surface area contributed by atoms with Crippen molar-refractivity contribution in [2.75, 3.05) is 0 Å². The Kier molecular flexibility index (Phi) is 3.87. The van der Waals surface area contributed by atoms with E-state index in [1.807, 2.05) is 37.4 Å². The van der Waals surface area contributed by atoms with E-state index in [4.69, 9.17) is 23.2 Å². The fourth-order valence-electron chi connectivity index (χ4n) is 2.42. The van der Waals surface area contributed by atoms with E-state index in [2.05, 4.69) is 17.0 Å². The fraction of sp³-hybridized carbons (Fsp3) is 0.250. The maximum absolute atomic E-state index is 6.54. The Labute approximate surface area is 133 Å². The highest BCUT2D eigenvalue weighted by atomic mass is 35.5. The second kappa shape index (κ2) is 5.66. The second-order valence-electron chi connectivity index (χ2n) is 4.99. The summed E-state index contributed by atoms with van der Waals surface area (Å²) in [6.45, 7) is 4.06. The molecular weight excluding hydrogens is 305 g/mol. The van der Waals surface area contributed by atoms with E-state index in [0.29, 0.717) is 11.6 Å². The molecule has 0 N–H and O–H groups in total. The van der Waals surface area contributed by atoms with Crippen molar-refractivity contribution < 1.29 is 0 Å². The number of benzene rings is 1. The van der Waals surface area contributed by atoms with Crippen LogP contribution in [0.3, 0.4) is 0 Å². The summed E-state index contributed by atoms with van der Waals surface area (Å²) < 4.78 is 1.71. The highest BCUT2D eigenvalue weighted by Crippen LogP contribution is 2.27. The first-order valence-corrected chi connectivity index (χ1v) is 7.62. The Hall–Kier alpha value is -1.58. The Bertz CT molecular complexity index is 809. The van der Waals surface area contributed by atoms with E-state index in [-0.39, 0.29) is 0 Å². The fourth-order valence-corrected chi connectivity index (χ4v) is 2.95. The standard InChI is InChI=1S/C16H15Cl2N3/c1-3-11-9-19-21-15(18)13(10(2)20-16(11)21)8-12-6-4-5-7-14(12)17/h4-7,9H,3,8H2,1-2H3. The maximum Gasteiger partial charge on any atom is 0.160 e. The molecule has 0 aliphatic carbocycles. The number of halogens is 2. The number of hydrogen-bond acceptors (Lipinski definition) is 2. The van der Waals surface area contributed by atoms with Gasteiger partial charge < -0.3 is 0 Å². The van der Waals surface area contributed by atoms with Crippen LogP contribution in [0.2, 0.25) is 10.2 Å². The molecule has 0 atom stereocenters. The second-order valence-corrected chi connectivity index (χ2v) is 5.76. The summed E-state index contributed by atoms with van der Waals surface area (Å²) in [6.07, 6.45) is 3.36. The molecule has 0 unspecified atom stereocenters. The Morgan fingerprint density at radius 3 is 2.62 bits per heavy atom. The smallest absolute Gasteiger partial charge is 0.160 e. The summed E-state index contributed by atoms with van der Waals surface area (Å²) in [4.78, 5) is 4.67.